The summed E-state index contributed by atoms with van der Waals surface area (Å²) in [6, 6.07) is 5.37. The van der Waals surface area contributed by atoms with Gasteiger partial charge in [0.2, 0.25) is 0 Å². The second-order valence-corrected chi connectivity index (χ2v) is 6.62. The molecule has 3 N–H and O–H groups in total. The van der Waals surface area contributed by atoms with E-state index in [1.807, 2.05) is 13.0 Å². The van der Waals surface area contributed by atoms with Gasteiger partial charge in [-0.05, 0) is 6.42 Å². The van der Waals surface area contributed by atoms with Gasteiger partial charge < -0.3 is 14.2 Å². The highest BCUT2D eigenvalue weighted by Crippen LogP contribution is 2.43. The minimum atomic E-state index is -3.88. The van der Waals surface area contributed by atoms with E-state index < -0.39 is 19.8 Å². The lowest BCUT2D eigenvalue weighted by Gasteiger charge is -2.18. The van der Waals surface area contributed by atoms with Crippen LogP contribution in [0.3, 0.4) is 0 Å². The highest BCUT2D eigenvalue weighted by molar-refractivity contribution is 7.52. The largest absolute Gasteiger partial charge is 0.437 e. The van der Waals surface area contributed by atoms with Crippen LogP contribution in [-0.4, -0.2) is 35.1 Å². The van der Waals surface area contributed by atoms with E-state index in [0.29, 0.717) is 6.42 Å². The van der Waals surface area contributed by atoms with E-state index in [0.717, 1.165) is 6.42 Å². The molecule has 0 radical (unpaired) electrons. The molecule has 0 fully saturated rings. The van der Waals surface area contributed by atoms with Crippen molar-refractivity contribution in [2.75, 3.05) is 12.8 Å². The first-order valence-electron chi connectivity index (χ1n) is 6.98. The Morgan fingerprint density at radius 1 is 1.36 bits per heavy atom. The number of nitrogens with zero attached hydrogens (tertiary/aromatic N) is 1. The Labute approximate surface area is 129 Å². The zero-order valence-electron chi connectivity index (χ0n) is 12.4. The van der Waals surface area contributed by atoms with Crippen molar-refractivity contribution in [3.8, 4) is 0 Å². The predicted molar refractivity (Wildman–Crippen MR) is 77.4 cm³/mol. The molecule has 22 heavy (non-hydrogen) atoms. The number of hydrogen-bond acceptors (Lipinski definition) is 5. The molecule has 1 aromatic heterocycles. The van der Waals surface area contributed by atoms with E-state index in [2.05, 4.69) is 0 Å². The number of pyridine rings is 1. The molecule has 0 aliphatic carbocycles. The maximum atomic E-state index is 12.0. The summed E-state index contributed by atoms with van der Waals surface area (Å²) in [6.45, 7) is 2.27. The van der Waals surface area contributed by atoms with Gasteiger partial charge in [-0.25, -0.2) is 14.8 Å². The summed E-state index contributed by atoms with van der Waals surface area (Å²) in [4.78, 5) is 21.0. The van der Waals surface area contributed by atoms with Crippen LogP contribution in [0.4, 0.5) is 4.79 Å². The number of hydrogen-bond donors (Lipinski definition) is 3. The fourth-order valence-electron chi connectivity index (χ4n) is 1.76. The van der Waals surface area contributed by atoms with Crippen LogP contribution in [0.25, 0.3) is 0 Å². The third kappa shape index (κ3) is 7.51. The zero-order chi connectivity index (χ0) is 16.4. The molecule has 0 aliphatic rings. The molecule has 9 heteroatoms. The Morgan fingerprint density at radius 3 is 2.64 bits per heavy atom. The summed E-state index contributed by atoms with van der Waals surface area (Å²) in [5.74, 6) is 0. The Balaban J connectivity index is 2.68. The van der Waals surface area contributed by atoms with Crippen LogP contribution >= 0.6 is 7.60 Å². The Kier molecular flexibility index (Phi) is 8.05. The Morgan fingerprint density at radius 2 is 2.05 bits per heavy atom. The third-order valence-corrected chi connectivity index (χ3v) is 4.24. The first-order valence-corrected chi connectivity index (χ1v) is 8.74. The van der Waals surface area contributed by atoms with Gasteiger partial charge in [-0.15, -0.1) is 0 Å². The number of unbranched alkanes of at least 4 members (excludes halogenated alkanes) is 1. The van der Waals surface area contributed by atoms with Crippen molar-refractivity contribution in [1.82, 2.24) is 5.48 Å². The van der Waals surface area contributed by atoms with E-state index in [4.69, 9.17) is 14.5 Å². The van der Waals surface area contributed by atoms with Gasteiger partial charge in [0.15, 0.2) is 25.0 Å². The van der Waals surface area contributed by atoms with Gasteiger partial charge in [-0.1, -0.05) is 19.4 Å². The normalized spacial score (nSPS) is 14.9. The van der Waals surface area contributed by atoms with Crippen LogP contribution in [-0.2, 0) is 20.4 Å². The number of amides is 1. The predicted octanol–water partition coefficient (Wildman–Crippen LogP) is 1.46. The number of nitrogens with one attached hydrogen (secondary N) is 1. The van der Waals surface area contributed by atoms with Crippen LogP contribution in [0.1, 0.15) is 19.8 Å². The molecule has 1 rings (SSSR count). The number of carbonyl (C=O) groups is 1. The van der Waals surface area contributed by atoms with Crippen LogP contribution in [0.15, 0.2) is 30.6 Å². The summed E-state index contributed by atoms with van der Waals surface area (Å²) < 4.78 is 23.6. The molecule has 8 nitrogen and oxygen atoms in total. The van der Waals surface area contributed by atoms with E-state index >= 15 is 0 Å². The van der Waals surface area contributed by atoms with E-state index in [1.54, 1.807) is 29.1 Å². The molecule has 0 bridgehead atoms. The van der Waals surface area contributed by atoms with Crippen LogP contribution in [0, 0.1) is 0 Å². The highest BCUT2D eigenvalue weighted by Gasteiger charge is 2.30. The SMILES string of the molecule is CCCCOP(=O)(O)CC(C[n+]1ccccc1)OC(=O)NO. The molecule has 0 aromatic carbocycles. The molecule has 1 aromatic rings. The quantitative estimate of drug-likeness (QED) is 0.208. The van der Waals surface area contributed by atoms with E-state index in [9.17, 15) is 14.3 Å². The maximum Gasteiger partial charge on any atom is 0.431 e. The minimum absolute atomic E-state index is 0.163. The number of hydroxylamine groups is 1. The Hall–Kier alpha value is -1.47. The number of carbonyl (C=O) groups excluding carboxylic acids is 1. The molecular weight excluding hydrogens is 311 g/mol. The van der Waals surface area contributed by atoms with Crippen LogP contribution in [0.5, 0.6) is 0 Å². The molecule has 0 aliphatic heterocycles. The first-order chi connectivity index (χ1) is 10.5. The van der Waals surface area contributed by atoms with Crippen LogP contribution < -0.4 is 10.0 Å². The van der Waals surface area contributed by atoms with E-state index in [1.165, 1.54) is 5.48 Å². The van der Waals surface area contributed by atoms with Crippen molar-refractivity contribution >= 4 is 13.7 Å². The first kappa shape index (κ1) is 18.6. The lowest BCUT2D eigenvalue weighted by atomic mass is 10.4. The van der Waals surface area contributed by atoms with Gasteiger partial charge in [0.25, 0.3) is 0 Å². The van der Waals surface area contributed by atoms with Crippen molar-refractivity contribution in [3.05, 3.63) is 30.6 Å². The topological polar surface area (TPSA) is 109 Å². The average molecular weight is 333 g/mol. The van der Waals surface area contributed by atoms with Crippen LogP contribution in [0.2, 0.25) is 0 Å². The number of aromatic nitrogens is 1. The molecule has 0 saturated carbocycles. The standard InChI is InChI=1S/C13H21N2O6P/c1-2-3-9-20-22(18,19)11-12(21-13(16)14-17)10-15-7-5-4-6-8-15/h4-8,12H,2-3,9-11H2,1H3,(H2-,14,16,17,18,19)/p+1. The van der Waals surface area contributed by atoms with Gasteiger partial charge in [0.05, 0.1) is 12.8 Å². The van der Waals surface area contributed by atoms with Crippen molar-refractivity contribution in [2.24, 2.45) is 0 Å². The second kappa shape index (κ2) is 9.53. The minimum Gasteiger partial charge on any atom is -0.437 e. The molecule has 2 atom stereocenters. The lowest BCUT2D eigenvalue weighted by Crippen LogP contribution is -2.43. The fraction of sp³-hybridized carbons (Fsp3) is 0.538. The van der Waals surface area contributed by atoms with E-state index in [-0.39, 0.29) is 19.3 Å². The van der Waals surface area contributed by atoms with Gasteiger partial charge in [-0.2, -0.15) is 0 Å². The monoisotopic (exact) mass is 333 g/mol. The Bertz CT molecular complexity index is 499. The molecular formula is C13H22N2O6P+. The molecule has 1 amide bonds. The second-order valence-electron chi connectivity index (χ2n) is 4.72. The summed E-state index contributed by atoms with van der Waals surface area (Å²) in [5.41, 5.74) is 1.34. The molecule has 0 spiro atoms. The lowest BCUT2D eigenvalue weighted by molar-refractivity contribution is -0.702. The highest BCUT2D eigenvalue weighted by atomic mass is 31.2. The summed E-state index contributed by atoms with van der Waals surface area (Å²) in [6.07, 6.45) is 2.60. The van der Waals surface area contributed by atoms with Gasteiger partial charge in [0, 0.05) is 12.1 Å². The summed E-state index contributed by atoms with van der Waals surface area (Å²) in [5, 5.41) is 8.53. The molecule has 0 saturated heterocycles. The van der Waals surface area contributed by atoms with Crippen molar-refractivity contribution in [2.45, 2.75) is 32.4 Å². The third-order valence-electron chi connectivity index (χ3n) is 2.78. The molecule has 2 unspecified atom stereocenters. The van der Waals surface area contributed by atoms with Gasteiger partial charge in [-0.3, -0.25) is 9.77 Å². The molecule has 1 heterocycles. The average Bonchev–Trinajstić information content (AvgIpc) is 2.47. The van der Waals surface area contributed by atoms with Gasteiger partial charge in [0.1, 0.15) is 0 Å². The smallest absolute Gasteiger partial charge is 0.431 e. The van der Waals surface area contributed by atoms with Crippen molar-refractivity contribution < 1.29 is 33.3 Å². The molecule has 124 valence electrons. The van der Waals surface area contributed by atoms with Crippen molar-refractivity contribution in [1.29, 1.82) is 0 Å². The zero-order valence-corrected chi connectivity index (χ0v) is 13.3. The number of rotatable bonds is 9. The van der Waals surface area contributed by atoms with Crippen molar-refractivity contribution in [3.63, 3.8) is 0 Å². The summed E-state index contributed by atoms with van der Waals surface area (Å²) >= 11 is 0. The number of ether oxygens (including phenoxy) is 1. The van der Waals surface area contributed by atoms with Gasteiger partial charge >= 0.3 is 13.7 Å². The summed E-state index contributed by atoms with van der Waals surface area (Å²) in [7, 11) is -3.88. The maximum absolute atomic E-state index is 12.0. The fourth-order valence-corrected chi connectivity index (χ4v) is 2.99.